The average Bonchev–Trinajstić information content (AvgIpc) is 3.19. The second-order valence-electron chi connectivity index (χ2n) is 4.88. The quantitative estimate of drug-likeness (QED) is 0.936. The third kappa shape index (κ3) is 2.41. The number of hydrogen-bond donors (Lipinski definition) is 1. The number of anilines is 1. The van der Waals surface area contributed by atoms with Gasteiger partial charge in [-0.3, -0.25) is 4.68 Å². The summed E-state index contributed by atoms with van der Waals surface area (Å²) in [7, 11) is 0. The Balaban J connectivity index is 1.70. The molecule has 1 N–H and O–H groups in total. The number of likely N-dealkylation sites (tertiary alicyclic amines) is 1. The summed E-state index contributed by atoms with van der Waals surface area (Å²) in [5.74, 6) is 0.849. The Morgan fingerprint density at radius 3 is 3.20 bits per heavy atom. The molecule has 106 valence electrons. The Labute approximate surface area is 117 Å². The highest BCUT2D eigenvalue weighted by Crippen LogP contribution is 2.32. The first kappa shape index (κ1) is 12.8. The van der Waals surface area contributed by atoms with Crippen molar-refractivity contribution < 1.29 is 9.21 Å². The maximum absolute atomic E-state index is 12.4. The highest BCUT2D eigenvalue weighted by Gasteiger charge is 2.31. The summed E-state index contributed by atoms with van der Waals surface area (Å²) in [4.78, 5) is 14.2. The van der Waals surface area contributed by atoms with Crippen LogP contribution in [0.5, 0.6) is 0 Å². The van der Waals surface area contributed by atoms with Crippen LogP contribution in [0.1, 0.15) is 31.6 Å². The molecule has 2 aromatic rings. The van der Waals surface area contributed by atoms with E-state index in [-0.39, 0.29) is 12.1 Å². The zero-order valence-corrected chi connectivity index (χ0v) is 11.5. The van der Waals surface area contributed by atoms with Crippen LogP contribution in [0.2, 0.25) is 0 Å². The predicted molar refractivity (Wildman–Crippen MR) is 74.3 cm³/mol. The van der Waals surface area contributed by atoms with Gasteiger partial charge in [-0.1, -0.05) is 0 Å². The second-order valence-corrected chi connectivity index (χ2v) is 4.88. The summed E-state index contributed by atoms with van der Waals surface area (Å²) < 4.78 is 7.21. The molecule has 0 spiro atoms. The minimum atomic E-state index is -0.0976. The number of furan rings is 1. The smallest absolute Gasteiger partial charge is 0.322 e. The summed E-state index contributed by atoms with van der Waals surface area (Å²) in [5.41, 5.74) is 0.724. The van der Waals surface area contributed by atoms with Crippen molar-refractivity contribution in [1.29, 1.82) is 0 Å². The van der Waals surface area contributed by atoms with E-state index < -0.39 is 0 Å². The summed E-state index contributed by atoms with van der Waals surface area (Å²) in [5, 5.41) is 7.04. The molecule has 1 aliphatic heterocycles. The van der Waals surface area contributed by atoms with Gasteiger partial charge in [0.15, 0.2) is 0 Å². The van der Waals surface area contributed by atoms with E-state index in [9.17, 15) is 4.79 Å². The molecule has 20 heavy (non-hydrogen) atoms. The monoisotopic (exact) mass is 274 g/mol. The normalized spacial score (nSPS) is 18.4. The zero-order valence-electron chi connectivity index (χ0n) is 11.5. The van der Waals surface area contributed by atoms with E-state index in [1.807, 2.05) is 30.2 Å². The van der Waals surface area contributed by atoms with Gasteiger partial charge in [0.25, 0.3) is 0 Å². The lowest BCUT2D eigenvalue weighted by atomic mass is 10.2. The van der Waals surface area contributed by atoms with E-state index in [2.05, 4.69) is 10.4 Å². The van der Waals surface area contributed by atoms with Crippen molar-refractivity contribution in [3.63, 3.8) is 0 Å². The van der Waals surface area contributed by atoms with E-state index in [1.54, 1.807) is 17.1 Å². The van der Waals surface area contributed by atoms with E-state index in [0.717, 1.165) is 37.4 Å². The van der Waals surface area contributed by atoms with E-state index in [0.29, 0.717) is 0 Å². The van der Waals surface area contributed by atoms with Crippen molar-refractivity contribution >= 4 is 11.7 Å². The first-order valence-electron chi connectivity index (χ1n) is 6.91. The van der Waals surface area contributed by atoms with Crippen LogP contribution in [0, 0.1) is 0 Å². The molecular weight excluding hydrogens is 256 g/mol. The molecule has 1 fully saturated rings. The number of urea groups is 1. The lowest BCUT2D eigenvalue weighted by molar-refractivity contribution is 0.200. The second kappa shape index (κ2) is 5.40. The van der Waals surface area contributed by atoms with Gasteiger partial charge in [0.2, 0.25) is 0 Å². The van der Waals surface area contributed by atoms with Crippen LogP contribution in [0.4, 0.5) is 10.5 Å². The molecule has 3 rings (SSSR count). The lowest BCUT2D eigenvalue weighted by Crippen LogP contribution is -2.34. The maximum Gasteiger partial charge on any atom is 0.322 e. The number of nitrogens with one attached hydrogen (secondary N) is 1. The van der Waals surface area contributed by atoms with Crippen LogP contribution in [0.3, 0.4) is 0 Å². The Kier molecular flexibility index (Phi) is 3.45. The highest BCUT2D eigenvalue weighted by molar-refractivity contribution is 5.89. The van der Waals surface area contributed by atoms with Gasteiger partial charge in [-0.05, 0) is 31.9 Å². The lowest BCUT2D eigenvalue weighted by Gasteiger charge is -2.23. The molecule has 2 aromatic heterocycles. The van der Waals surface area contributed by atoms with Crippen LogP contribution in [-0.4, -0.2) is 27.3 Å². The van der Waals surface area contributed by atoms with E-state index in [1.165, 1.54) is 0 Å². The fourth-order valence-corrected chi connectivity index (χ4v) is 2.58. The van der Waals surface area contributed by atoms with Gasteiger partial charge in [-0.25, -0.2) is 4.79 Å². The standard InChI is InChI=1S/C14H18N4O2/c1-2-17-10-11(9-15-17)16-14(19)18-7-3-5-12(18)13-6-4-8-20-13/h4,6,8-10,12H,2-3,5,7H2,1H3,(H,16,19)/t12-/m1/s1. The minimum Gasteiger partial charge on any atom is -0.467 e. The molecule has 0 bridgehead atoms. The highest BCUT2D eigenvalue weighted by atomic mass is 16.3. The summed E-state index contributed by atoms with van der Waals surface area (Å²) in [6, 6.07) is 3.71. The van der Waals surface area contributed by atoms with Gasteiger partial charge in [0.1, 0.15) is 5.76 Å². The number of carbonyl (C=O) groups excluding carboxylic acids is 1. The largest absolute Gasteiger partial charge is 0.467 e. The number of rotatable bonds is 3. The van der Waals surface area contributed by atoms with E-state index >= 15 is 0 Å². The van der Waals surface area contributed by atoms with Gasteiger partial charge >= 0.3 is 6.03 Å². The molecule has 0 saturated carbocycles. The summed E-state index contributed by atoms with van der Waals surface area (Å²) in [6.07, 6.45) is 7.08. The fraction of sp³-hybridized carbons (Fsp3) is 0.429. The third-order valence-electron chi connectivity index (χ3n) is 3.59. The van der Waals surface area contributed by atoms with Gasteiger partial charge in [-0.2, -0.15) is 5.10 Å². The summed E-state index contributed by atoms with van der Waals surface area (Å²) >= 11 is 0. The number of aromatic nitrogens is 2. The minimum absolute atomic E-state index is 0.0335. The van der Waals surface area contributed by atoms with Gasteiger partial charge in [0.05, 0.1) is 24.2 Å². The van der Waals surface area contributed by atoms with Crippen molar-refractivity contribution in [2.24, 2.45) is 0 Å². The Morgan fingerprint density at radius 2 is 2.50 bits per heavy atom. The number of amides is 2. The van der Waals surface area contributed by atoms with Crippen molar-refractivity contribution in [2.75, 3.05) is 11.9 Å². The Hall–Kier alpha value is -2.24. The zero-order chi connectivity index (χ0) is 13.9. The molecule has 6 nitrogen and oxygen atoms in total. The predicted octanol–water partition coefficient (Wildman–Crippen LogP) is 2.87. The Bertz CT molecular complexity index is 576. The number of carbonyl (C=O) groups is 1. The van der Waals surface area contributed by atoms with Crippen molar-refractivity contribution in [1.82, 2.24) is 14.7 Å². The van der Waals surface area contributed by atoms with Gasteiger partial charge < -0.3 is 14.6 Å². The molecule has 1 aliphatic rings. The number of nitrogens with zero attached hydrogens (tertiary/aromatic N) is 3. The average molecular weight is 274 g/mol. The van der Waals surface area contributed by atoms with Crippen LogP contribution < -0.4 is 5.32 Å². The maximum atomic E-state index is 12.4. The number of aryl methyl sites for hydroxylation is 1. The van der Waals surface area contributed by atoms with Crippen molar-refractivity contribution in [2.45, 2.75) is 32.4 Å². The molecule has 0 aromatic carbocycles. The van der Waals surface area contributed by atoms with Gasteiger partial charge in [-0.15, -0.1) is 0 Å². The topological polar surface area (TPSA) is 63.3 Å². The molecule has 3 heterocycles. The molecule has 2 amide bonds. The number of hydrogen-bond acceptors (Lipinski definition) is 3. The molecule has 0 unspecified atom stereocenters. The first-order chi connectivity index (χ1) is 9.78. The third-order valence-corrected chi connectivity index (χ3v) is 3.59. The van der Waals surface area contributed by atoms with Crippen LogP contribution >= 0.6 is 0 Å². The van der Waals surface area contributed by atoms with Crippen LogP contribution in [0.25, 0.3) is 0 Å². The van der Waals surface area contributed by atoms with Crippen molar-refractivity contribution in [3.8, 4) is 0 Å². The molecular formula is C14H18N4O2. The van der Waals surface area contributed by atoms with Crippen molar-refractivity contribution in [3.05, 3.63) is 36.5 Å². The molecule has 0 aliphatic carbocycles. The Morgan fingerprint density at radius 1 is 1.60 bits per heavy atom. The van der Waals surface area contributed by atoms with E-state index in [4.69, 9.17) is 4.42 Å². The summed E-state index contributed by atoms with van der Waals surface area (Å²) in [6.45, 7) is 3.54. The molecule has 6 heteroatoms. The first-order valence-corrected chi connectivity index (χ1v) is 6.91. The molecule has 0 radical (unpaired) electrons. The molecule has 1 atom stereocenters. The SMILES string of the molecule is CCn1cc(NC(=O)N2CCC[C@@H]2c2ccco2)cn1. The van der Waals surface area contributed by atoms with Crippen LogP contribution in [0.15, 0.2) is 35.2 Å². The fourth-order valence-electron chi connectivity index (χ4n) is 2.58. The van der Waals surface area contributed by atoms with Gasteiger partial charge in [0, 0.05) is 19.3 Å². The van der Waals surface area contributed by atoms with Crippen LogP contribution in [-0.2, 0) is 6.54 Å². The molecule has 1 saturated heterocycles.